The molecule has 8 heteroatoms. The van der Waals surface area contributed by atoms with Crippen LogP contribution in [0.4, 0.5) is 0 Å². The Morgan fingerprint density at radius 2 is 2.13 bits per heavy atom. The van der Waals surface area contributed by atoms with E-state index in [4.69, 9.17) is 4.74 Å². The summed E-state index contributed by atoms with van der Waals surface area (Å²) in [5.74, 6) is -2.93. The number of aromatic nitrogens is 1. The molecule has 2 aliphatic heterocycles. The summed E-state index contributed by atoms with van der Waals surface area (Å²) in [7, 11) is 0. The maximum atomic E-state index is 12.4. The molecule has 0 aliphatic carbocycles. The number of hydrogen-bond donors (Lipinski definition) is 1. The van der Waals surface area contributed by atoms with Gasteiger partial charge in [0.15, 0.2) is 0 Å². The molecular weight excluding hydrogens is 338 g/mol. The minimum Gasteiger partial charge on any atom is -0.549 e. The minimum atomic E-state index is -1.34. The number of benzene rings is 1. The third-order valence-corrected chi connectivity index (χ3v) is 6.46. The van der Waals surface area contributed by atoms with Crippen LogP contribution in [0.25, 0.3) is 0 Å². The number of esters is 1. The van der Waals surface area contributed by atoms with E-state index < -0.39 is 29.0 Å². The second-order valence-electron chi connectivity index (χ2n) is 5.53. The summed E-state index contributed by atoms with van der Waals surface area (Å²) in [4.78, 5) is 38.7. The lowest BCUT2D eigenvalue weighted by atomic mass is 9.79. The van der Waals surface area contributed by atoms with Crippen LogP contribution in [0.5, 0.6) is 5.75 Å². The van der Waals surface area contributed by atoms with Crippen LogP contribution in [0, 0.1) is 12.8 Å². The third kappa shape index (κ3) is 2.13. The number of aliphatic carboxylic acids is 1. The van der Waals surface area contributed by atoms with Crippen molar-refractivity contribution in [1.82, 2.24) is 4.98 Å². The molecule has 23 heavy (non-hydrogen) atoms. The summed E-state index contributed by atoms with van der Waals surface area (Å²) >= 11 is 1.95. The first-order valence-electron chi connectivity index (χ1n) is 6.88. The number of aryl methyl sites for hydroxylation is 1. The number of nitrogens with one attached hydrogen (secondary N) is 1. The van der Waals surface area contributed by atoms with Crippen molar-refractivity contribution in [3.63, 3.8) is 0 Å². The van der Waals surface area contributed by atoms with E-state index >= 15 is 0 Å². The van der Waals surface area contributed by atoms with E-state index in [0.29, 0.717) is 15.7 Å². The third-order valence-electron chi connectivity index (χ3n) is 4.07. The van der Waals surface area contributed by atoms with Gasteiger partial charge in [-0.05, 0) is 13.0 Å². The predicted octanol–water partition coefficient (Wildman–Crippen LogP) is 0.636. The molecular formula is C15H10NO5S2-. The van der Waals surface area contributed by atoms with Crippen molar-refractivity contribution >= 4 is 35.0 Å². The van der Waals surface area contributed by atoms with Gasteiger partial charge in [-0.15, -0.1) is 0 Å². The van der Waals surface area contributed by atoms with Gasteiger partial charge < -0.3 is 19.6 Å². The molecule has 4 rings (SSSR count). The zero-order chi connectivity index (χ0) is 16.3. The summed E-state index contributed by atoms with van der Waals surface area (Å²) in [6.07, 6.45) is 0. The van der Waals surface area contributed by atoms with Crippen molar-refractivity contribution in [2.45, 2.75) is 23.1 Å². The number of rotatable bonds is 1. The molecule has 0 bridgehead atoms. The number of carboxylic acid groups (broad SMARTS) is 1. The van der Waals surface area contributed by atoms with E-state index in [1.807, 2.05) is 19.1 Å². The summed E-state index contributed by atoms with van der Waals surface area (Å²) in [6.45, 7) is 1.90. The minimum absolute atomic E-state index is 0.270. The molecule has 3 atom stereocenters. The van der Waals surface area contributed by atoms with E-state index in [1.165, 1.54) is 0 Å². The Kier molecular flexibility index (Phi) is 3.14. The fourth-order valence-corrected chi connectivity index (χ4v) is 5.52. The van der Waals surface area contributed by atoms with Crippen LogP contribution < -0.4 is 14.7 Å². The molecule has 0 fully saturated rings. The van der Waals surface area contributed by atoms with E-state index in [1.54, 1.807) is 6.07 Å². The van der Waals surface area contributed by atoms with Gasteiger partial charge in [0.1, 0.15) is 5.75 Å². The molecule has 0 amide bonds. The van der Waals surface area contributed by atoms with E-state index in [2.05, 4.69) is 4.98 Å². The molecule has 0 spiro atoms. The number of carbonyl (C=O) groups excluding carboxylic acids is 2. The lowest BCUT2D eigenvalue weighted by molar-refractivity contribution is -0.306. The lowest BCUT2D eigenvalue weighted by Crippen LogP contribution is -2.48. The maximum Gasteiger partial charge on any atom is 0.316 e. The summed E-state index contributed by atoms with van der Waals surface area (Å²) in [6, 6.07) is 5.39. The summed E-state index contributed by atoms with van der Waals surface area (Å²) in [5, 5.41) is 10.9. The van der Waals surface area contributed by atoms with E-state index in [0.717, 1.165) is 34.2 Å². The smallest absolute Gasteiger partial charge is 0.316 e. The van der Waals surface area contributed by atoms with Crippen molar-refractivity contribution in [2.75, 3.05) is 0 Å². The highest BCUT2D eigenvalue weighted by molar-refractivity contribution is 8.00. The molecule has 2 aromatic rings. The lowest BCUT2D eigenvalue weighted by Gasteiger charge is -2.39. The quantitative estimate of drug-likeness (QED) is 0.600. The van der Waals surface area contributed by atoms with Crippen LogP contribution in [0.2, 0.25) is 0 Å². The second-order valence-corrected chi connectivity index (χ2v) is 7.70. The predicted molar refractivity (Wildman–Crippen MR) is 81.7 cm³/mol. The van der Waals surface area contributed by atoms with Crippen LogP contribution in [0.3, 0.4) is 0 Å². The standard InChI is InChI=1S/C15H11NO5S2/c1-5-2-3-7-6(4-5)8-9(14(19)21-7)11(13(17)18)22-12-10(8)23-15(20)16-12/h2-4,8-9,11H,1H3,(H,16,20)(H,17,18)/p-1/t8-,9-,11-/m1/s1. The van der Waals surface area contributed by atoms with Crippen LogP contribution >= 0.6 is 23.1 Å². The number of thioether (sulfide) groups is 1. The monoisotopic (exact) mass is 348 g/mol. The second kappa shape index (κ2) is 4.97. The first-order valence-corrected chi connectivity index (χ1v) is 8.58. The van der Waals surface area contributed by atoms with Crippen LogP contribution in [0.1, 0.15) is 21.9 Å². The highest BCUT2D eigenvalue weighted by Crippen LogP contribution is 2.53. The molecule has 0 saturated heterocycles. The fraction of sp³-hybridized carbons (Fsp3) is 0.267. The van der Waals surface area contributed by atoms with Crippen LogP contribution in [0.15, 0.2) is 28.0 Å². The first-order chi connectivity index (χ1) is 11.0. The normalized spacial score (nSPS) is 25.1. The molecule has 3 heterocycles. The number of carbonyl (C=O) groups is 2. The number of carboxylic acids is 1. The Morgan fingerprint density at radius 3 is 2.87 bits per heavy atom. The van der Waals surface area contributed by atoms with Gasteiger partial charge in [0.05, 0.1) is 22.2 Å². The van der Waals surface area contributed by atoms with Gasteiger partial charge in [-0.3, -0.25) is 9.59 Å². The molecule has 0 unspecified atom stereocenters. The van der Waals surface area contributed by atoms with Gasteiger partial charge in [-0.1, -0.05) is 40.8 Å². The van der Waals surface area contributed by atoms with Gasteiger partial charge in [0, 0.05) is 16.4 Å². The fourth-order valence-electron chi connectivity index (χ4n) is 3.13. The number of hydrogen-bond acceptors (Lipinski definition) is 7. The van der Waals surface area contributed by atoms with E-state index in [9.17, 15) is 19.5 Å². The Morgan fingerprint density at radius 1 is 1.35 bits per heavy atom. The molecule has 1 N–H and O–H groups in total. The SMILES string of the molecule is Cc1ccc2c(c1)[C@H]1c3sc(=O)[nH]c3S[C@@H](C(=O)[O-])[C@@H]1C(=O)O2. The van der Waals surface area contributed by atoms with Crippen molar-refractivity contribution in [3.05, 3.63) is 43.9 Å². The van der Waals surface area contributed by atoms with Gasteiger partial charge in [-0.25, -0.2) is 0 Å². The molecule has 0 saturated carbocycles. The maximum absolute atomic E-state index is 12.4. The Labute approximate surface area is 138 Å². The van der Waals surface area contributed by atoms with Crippen molar-refractivity contribution < 1.29 is 19.4 Å². The Bertz CT molecular complexity index is 900. The average molecular weight is 348 g/mol. The number of fused-ring (bicyclic) bond motifs is 5. The Hall–Kier alpha value is -2.06. The van der Waals surface area contributed by atoms with Crippen molar-refractivity contribution in [1.29, 1.82) is 0 Å². The first kappa shape index (κ1) is 14.5. The number of aromatic amines is 1. The number of ether oxygens (including phenoxy) is 1. The molecule has 0 radical (unpaired) electrons. The zero-order valence-corrected chi connectivity index (χ0v) is 13.5. The Balaban J connectivity index is 2.00. The van der Waals surface area contributed by atoms with E-state index in [-0.39, 0.29) is 4.87 Å². The van der Waals surface area contributed by atoms with Gasteiger partial charge in [0.2, 0.25) is 0 Å². The van der Waals surface area contributed by atoms with Gasteiger partial charge in [-0.2, -0.15) is 0 Å². The number of H-pyrrole nitrogens is 1. The highest BCUT2D eigenvalue weighted by Gasteiger charge is 2.49. The van der Waals surface area contributed by atoms with Crippen LogP contribution in [-0.4, -0.2) is 22.2 Å². The highest BCUT2D eigenvalue weighted by atomic mass is 32.2. The van der Waals surface area contributed by atoms with Gasteiger partial charge in [0.25, 0.3) is 0 Å². The average Bonchev–Trinajstić information content (AvgIpc) is 2.86. The van der Waals surface area contributed by atoms with Crippen LogP contribution in [-0.2, 0) is 9.59 Å². The number of thiazole rings is 1. The summed E-state index contributed by atoms with van der Waals surface area (Å²) < 4.78 is 5.33. The molecule has 1 aromatic heterocycles. The summed E-state index contributed by atoms with van der Waals surface area (Å²) in [5.41, 5.74) is 1.70. The molecule has 1 aromatic carbocycles. The zero-order valence-electron chi connectivity index (χ0n) is 11.8. The van der Waals surface area contributed by atoms with Crippen molar-refractivity contribution in [2.24, 2.45) is 5.92 Å². The van der Waals surface area contributed by atoms with Gasteiger partial charge >= 0.3 is 10.8 Å². The molecule has 2 aliphatic rings. The molecule has 6 nitrogen and oxygen atoms in total. The largest absolute Gasteiger partial charge is 0.549 e. The molecule has 118 valence electrons. The topological polar surface area (TPSA) is 99.3 Å². The van der Waals surface area contributed by atoms with Crippen molar-refractivity contribution in [3.8, 4) is 5.75 Å².